The predicted octanol–water partition coefficient (Wildman–Crippen LogP) is 3.67. The van der Waals surface area contributed by atoms with Crippen molar-refractivity contribution >= 4 is 13.5 Å². The van der Waals surface area contributed by atoms with Crippen molar-refractivity contribution in [3.05, 3.63) is 34.4 Å². The highest BCUT2D eigenvalue weighted by Crippen LogP contribution is 2.21. The molecular weight excluding hydrogens is 200 g/mol. The molecule has 0 atom stereocenters. The Kier molecular flexibility index (Phi) is 3.19. The third kappa shape index (κ3) is 2.57. The molecule has 82 valence electrons. The van der Waals surface area contributed by atoms with E-state index in [4.69, 9.17) is 0 Å². The molecule has 0 bridgehead atoms. The molecule has 15 heavy (non-hydrogen) atoms. The molecule has 0 aliphatic rings. The molecule has 0 aromatic heterocycles. The van der Waals surface area contributed by atoms with E-state index in [2.05, 4.69) is 38.7 Å². The molecule has 0 saturated heterocycles. The number of rotatable bonds is 2. The summed E-state index contributed by atoms with van der Waals surface area (Å²) in [6, 6.07) is 4.20. The highest BCUT2D eigenvalue weighted by molar-refractivity contribution is 7.05. The summed E-state index contributed by atoms with van der Waals surface area (Å²) in [4.78, 5) is 12.3. The normalized spacial score (nSPS) is 11.6. The lowest BCUT2D eigenvalue weighted by Gasteiger charge is -2.18. The van der Waals surface area contributed by atoms with Crippen LogP contribution in [0.5, 0.6) is 0 Å². The lowest BCUT2D eigenvalue weighted by molar-refractivity contribution is 0.106. The summed E-state index contributed by atoms with van der Waals surface area (Å²) in [5, 5.41) is 0.373. The van der Waals surface area contributed by atoms with Crippen LogP contribution in [-0.4, -0.2) is 13.5 Å². The van der Waals surface area contributed by atoms with Crippen molar-refractivity contribution in [3.63, 3.8) is 0 Å². The molecule has 0 radical (unpaired) electrons. The SMILES string of the molecule is Cc1cc(C)c(C(=O)[Si](C)(C)C)c(C)c1. The Morgan fingerprint density at radius 2 is 1.40 bits per heavy atom. The van der Waals surface area contributed by atoms with E-state index in [1.165, 1.54) is 5.56 Å². The third-order valence-corrected chi connectivity index (χ3v) is 4.20. The number of carbonyl (C=O) groups excluding carboxylic acids is 1. The zero-order chi connectivity index (χ0) is 11.8. The van der Waals surface area contributed by atoms with Gasteiger partial charge in [0, 0.05) is 5.56 Å². The first-order chi connectivity index (χ1) is 6.73. The van der Waals surface area contributed by atoms with E-state index < -0.39 is 8.07 Å². The lowest BCUT2D eigenvalue weighted by atomic mass is 10.0. The van der Waals surface area contributed by atoms with E-state index in [1.54, 1.807) is 0 Å². The van der Waals surface area contributed by atoms with Gasteiger partial charge in [0.25, 0.3) is 0 Å². The van der Waals surface area contributed by atoms with E-state index >= 15 is 0 Å². The summed E-state index contributed by atoms with van der Waals surface area (Å²) >= 11 is 0. The van der Waals surface area contributed by atoms with Crippen LogP contribution < -0.4 is 0 Å². The second-order valence-electron chi connectivity index (χ2n) is 5.35. The van der Waals surface area contributed by atoms with Gasteiger partial charge in [-0.25, -0.2) is 0 Å². The summed E-state index contributed by atoms with van der Waals surface area (Å²) in [5.74, 6) is 0. The highest BCUT2D eigenvalue weighted by Gasteiger charge is 2.27. The van der Waals surface area contributed by atoms with Gasteiger partial charge in [0.15, 0.2) is 0 Å². The van der Waals surface area contributed by atoms with Crippen molar-refractivity contribution < 1.29 is 4.79 Å². The molecule has 1 rings (SSSR count). The molecule has 2 heteroatoms. The molecule has 0 heterocycles. The van der Waals surface area contributed by atoms with Crippen molar-refractivity contribution in [2.45, 2.75) is 40.4 Å². The maximum atomic E-state index is 12.3. The second-order valence-corrected chi connectivity index (χ2v) is 10.3. The first-order valence-corrected chi connectivity index (χ1v) is 8.86. The van der Waals surface area contributed by atoms with Gasteiger partial charge in [-0.05, 0) is 31.9 Å². The fourth-order valence-electron chi connectivity index (χ4n) is 1.91. The van der Waals surface area contributed by atoms with E-state index in [-0.39, 0.29) is 0 Å². The minimum Gasteiger partial charge on any atom is -0.300 e. The van der Waals surface area contributed by atoms with Crippen LogP contribution in [0.3, 0.4) is 0 Å². The fourth-order valence-corrected chi connectivity index (χ4v) is 3.06. The summed E-state index contributed by atoms with van der Waals surface area (Å²) < 4.78 is 0. The predicted molar refractivity (Wildman–Crippen MR) is 68.3 cm³/mol. The van der Waals surface area contributed by atoms with Gasteiger partial charge in [0.1, 0.15) is 13.5 Å². The Labute approximate surface area is 93.5 Å². The van der Waals surface area contributed by atoms with Crippen molar-refractivity contribution in [2.75, 3.05) is 0 Å². The minimum absolute atomic E-state index is 0.373. The highest BCUT2D eigenvalue weighted by atomic mass is 28.3. The quantitative estimate of drug-likeness (QED) is 0.695. The van der Waals surface area contributed by atoms with Gasteiger partial charge in [-0.15, -0.1) is 0 Å². The van der Waals surface area contributed by atoms with Gasteiger partial charge in [-0.1, -0.05) is 37.3 Å². The second kappa shape index (κ2) is 3.93. The maximum absolute atomic E-state index is 12.3. The van der Waals surface area contributed by atoms with Crippen LogP contribution in [-0.2, 0) is 0 Å². The molecule has 0 unspecified atom stereocenters. The van der Waals surface area contributed by atoms with Gasteiger partial charge in [-0.3, -0.25) is 0 Å². The Morgan fingerprint density at radius 1 is 1.00 bits per heavy atom. The molecule has 1 nitrogen and oxygen atoms in total. The Balaban J connectivity index is 3.33. The van der Waals surface area contributed by atoms with E-state index in [9.17, 15) is 4.79 Å². The molecule has 1 aromatic rings. The Morgan fingerprint density at radius 3 is 1.73 bits per heavy atom. The smallest absolute Gasteiger partial charge is 0.140 e. The number of benzene rings is 1. The molecule has 1 aromatic carbocycles. The summed E-state index contributed by atoms with van der Waals surface area (Å²) in [6.45, 7) is 12.5. The molecule has 0 aliphatic carbocycles. The zero-order valence-electron chi connectivity index (χ0n) is 10.6. The van der Waals surface area contributed by atoms with E-state index in [0.29, 0.717) is 5.41 Å². The fraction of sp³-hybridized carbons (Fsp3) is 0.462. The monoisotopic (exact) mass is 220 g/mol. The lowest BCUT2D eigenvalue weighted by Crippen LogP contribution is -2.34. The van der Waals surface area contributed by atoms with Crippen LogP contribution in [0.15, 0.2) is 12.1 Å². The maximum Gasteiger partial charge on any atom is 0.140 e. The zero-order valence-corrected chi connectivity index (χ0v) is 11.6. The van der Waals surface area contributed by atoms with Gasteiger partial charge < -0.3 is 4.79 Å². The number of aryl methyl sites for hydroxylation is 3. The Bertz CT molecular complexity index is 376. The van der Waals surface area contributed by atoms with Gasteiger partial charge in [0.05, 0.1) is 0 Å². The van der Waals surface area contributed by atoms with Crippen LogP contribution in [0.25, 0.3) is 0 Å². The average Bonchev–Trinajstić information content (AvgIpc) is 1.99. The van der Waals surface area contributed by atoms with Crippen LogP contribution in [0.4, 0.5) is 0 Å². The molecule has 0 N–H and O–H groups in total. The Hall–Kier alpha value is -0.893. The average molecular weight is 220 g/mol. The van der Waals surface area contributed by atoms with E-state index in [0.717, 1.165) is 16.7 Å². The molecule has 0 amide bonds. The van der Waals surface area contributed by atoms with Crippen LogP contribution >= 0.6 is 0 Å². The molecular formula is C13H20OSi. The van der Waals surface area contributed by atoms with Gasteiger partial charge in [-0.2, -0.15) is 0 Å². The van der Waals surface area contributed by atoms with E-state index in [1.807, 2.05) is 13.8 Å². The molecule has 0 aliphatic heterocycles. The van der Waals surface area contributed by atoms with Crippen LogP contribution in [0.2, 0.25) is 19.6 Å². The molecule has 0 spiro atoms. The van der Waals surface area contributed by atoms with Crippen molar-refractivity contribution in [1.29, 1.82) is 0 Å². The first kappa shape index (κ1) is 12.2. The number of carbonyl (C=O) groups is 1. The largest absolute Gasteiger partial charge is 0.300 e. The molecule has 0 saturated carbocycles. The number of hydrogen-bond acceptors (Lipinski definition) is 1. The summed E-state index contributed by atoms with van der Waals surface area (Å²) in [7, 11) is -1.72. The van der Waals surface area contributed by atoms with Crippen molar-refractivity contribution in [3.8, 4) is 0 Å². The minimum atomic E-state index is -1.72. The van der Waals surface area contributed by atoms with Crippen molar-refractivity contribution in [2.24, 2.45) is 0 Å². The van der Waals surface area contributed by atoms with Gasteiger partial charge >= 0.3 is 0 Å². The molecule has 0 fully saturated rings. The van der Waals surface area contributed by atoms with Crippen LogP contribution in [0.1, 0.15) is 27.0 Å². The standard InChI is InChI=1S/C13H20OSi/c1-9-7-10(2)12(11(3)8-9)13(14)15(4,5)6/h7-8H,1-6H3. The topological polar surface area (TPSA) is 17.1 Å². The van der Waals surface area contributed by atoms with Gasteiger partial charge in [0.2, 0.25) is 0 Å². The summed E-state index contributed by atoms with van der Waals surface area (Å²) in [5.41, 5.74) is 4.44. The number of hydrogen-bond donors (Lipinski definition) is 0. The first-order valence-electron chi connectivity index (χ1n) is 5.36. The third-order valence-electron chi connectivity index (χ3n) is 2.59. The van der Waals surface area contributed by atoms with Crippen LogP contribution in [0, 0.1) is 20.8 Å². The summed E-state index contributed by atoms with van der Waals surface area (Å²) in [6.07, 6.45) is 0. The van der Waals surface area contributed by atoms with Crippen molar-refractivity contribution in [1.82, 2.24) is 0 Å².